The van der Waals surface area contributed by atoms with Gasteiger partial charge in [-0.1, -0.05) is 0 Å². The van der Waals surface area contributed by atoms with Gasteiger partial charge in [0.1, 0.15) is 5.72 Å². The van der Waals surface area contributed by atoms with Crippen molar-refractivity contribution in [1.82, 2.24) is 5.32 Å². The van der Waals surface area contributed by atoms with E-state index in [-0.39, 0.29) is 17.9 Å². The summed E-state index contributed by atoms with van der Waals surface area (Å²) in [5.74, 6) is 0. The van der Waals surface area contributed by atoms with Crippen molar-refractivity contribution in [2.45, 2.75) is 38.5 Å². The fourth-order valence-corrected chi connectivity index (χ4v) is 1.48. The fraction of sp³-hybridized carbons (Fsp3) is 1.00. The van der Waals surface area contributed by atoms with Crippen LogP contribution in [0, 0.1) is 0 Å². The summed E-state index contributed by atoms with van der Waals surface area (Å²) < 4.78 is 5.52. The molecule has 1 aliphatic rings. The minimum atomic E-state index is -0.321. The summed E-state index contributed by atoms with van der Waals surface area (Å²) in [6.45, 7) is 7.03. The van der Waals surface area contributed by atoms with Gasteiger partial charge in [0.05, 0.1) is 6.61 Å². The zero-order valence-electron chi connectivity index (χ0n) is 7.48. The van der Waals surface area contributed by atoms with E-state index in [9.17, 15) is 0 Å². The maximum Gasteiger partial charge on any atom is 0.119 e. The second-order valence-electron chi connectivity index (χ2n) is 4.00. The van der Waals surface area contributed by atoms with Gasteiger partial charge in [-0.3, -0.25) is 5.32 Å². The minimum Gasteiger partial charge on any atom is -0.396 e. The smallest absolute Gasteiger partial charge is 0.119 e. The molecule has 0 aromatic rings. The zero-order valence-corrected chi connectivity index (χ0v) is 7.48. The topological polar surface area (TPSA) is 41.5 Å². The van der Waals surface area contributed by atoms with Crippen molar-refractivity contribution in [1.29, 1.82) is 0 Å². The molecule has 1 atom stereocenters. The number of aliphatic hydroxyl groups is 1. The van der Waals surface area contributed by atoms with Gasteiger partial charge in [-0.2, -0.15) is 0 Å². The SMILES string of the molecule is CC1(C)COC(C)(CCO)N1. The molecule has 0 aromatic carbocycles. The molecule has 0 amide bonds. The molecule has 0 bridgehead atoms. The van der Waals surface area contributed by atoms with Crippen molar-refractivity contribution in [3.63, 3.8) is 0 Å². The Hall–Kier alpha value is -0.120. The van der Waals surface area contributed by atoms with Crippen LogP contribution in [-0.4, -0.2) is 29.6 Å². The largest absolute Gasteiger partial charge is 0.396 e. The van der Waals surface area contributed by atoms with Crippen LogP contribution in [0.5, 0.6) is 0 Å². The van der Waals surface area contributed by atoms with Crippen LogP contribution in [0.15, 0.2) is 0 Å². The molecule has 1 heterocycles. The van der Waals surface area contributed by atoms with Gasteiger partial charge in [0.25, 0.3) is 0 Å². The van der Waals surface area contributed by atoms with Crippen molar-refractivity contribution >= 4 is 0 Å². The van der Waals surface area contributed by atoms with E-state index < -0.39 is 0 Å². The highest BCUT2D eigenvalue weighted by Crippen LogP contribution is 2.24. The second-order valence-corrected chi connectivity index (χ2v) is 4.00. The summed E-state index contributed by atoms with van der Waals surface area (Å²) in [5, 5.41) is 12.1. The number of rotatable bonds is 2. The lowest BCUT2D eigenvalue weighted by molar-refractivity contribution is -0.0122. The lowest BCUT2D eigenvalue weighted by Gasteiger charge is -2.25. The molecule has 1 rings (SSSR count). The van der Waals surface area contributed by atoms with Crippen LogP contribution in [-0.2, 0) is 4.74 Å². The Bertz CT molecular complexity index is 147. The average molecular weight is 159 g/mol. The lowest BCUT2D eigenvalue weighted by atomic mass is 10.1. The number of hydrogen-bond donors (Lipinski definition) is 2. The Morgan fingerprint density at radius 1 is 1.45 bits per heavy atom. The van der Waals surface area contributed by atoms with E-state index in [1.165, 1.54) is 0 Å². The summed E-state index contributed by atoms with van der Waals surface area (Å²) in [6, 6.07) is 0. The third-order valence-corrected chi connectivity index (χ3v) is 1.94. The number of aliphatic hydroxyl groups excluding tert-OH is 1. The molecule has 0 saturated carbocycles. The molecule has 1 unspecified atom stereocenters. The fourth-order valence-electron chi connectivity index (χ4n) is 1.48. The van der Waals surface area contributed by atoms with E-state index in [2.05, 4.69) is 19.2 Å². The van der Waals surface area contributed by atoms with Crippen molar-refractivity contribution in [3.8, 4) is 0 Å². The molecular formula is C8H17NO2. The quantitative estimate of drug-likeness (QED) is 0.616. The van der Waals surface area contributed by atoms with Gasteiger partial charge in [0, 0.05) is 18.6 Å². The Kier molecular flexibility index (Phi) is 2.23. The van der Waals surface area contributed by atoms with Crippen LogP contribution >= 0.6 is 0 Å². The number of hydrogen-bond acceptors (Lipinski definition) is 3. The van der Waals surface area contributed by atoms with Crippen LogP contribution in [0.1, 0.15) is 27.2 Å². The van der Waals surface area contributed by atoms with E-state index in [0.717, 1.165) is 0 Å². The maximum atomic E-state index is 8.74. The van der Waals surface area contributed by atoms with Crippen LogP contribution in [0.2, 0.25) is 0 Å². The molecule has 11 heavy (non-hydrogen) atoms. The third kappa shape index (κ3) is 2.15. The van der Waals surface area contributed by atoms with E-state index >= 15 is 0 Å². The Morgan fingerprint density at radius 2 is 2.09 bits per heavy atom. The monoisotopic (exact) mass is 159 g/mol. The summed E-state index contributed by atoms with van der Waals surface area (Å²) in [4.78, 5) is 0. The minimum absolute atomic E-state index is 0.0456. The average Bonchev–Trinajstić information content (AvgIpc) is 2.07. The van der Waals surface area contributed by atoms with Crippen LogP contribution in [0.4, 0.5) is 0 Å². The van der Waals surface area contributed by atoms with Gasteiger partial charge in [-0.15, -0.1) is 0 Å². The lowest BCUT2D eigenvalue weighted by Crippen LogP contribution is -2.46. The van der Waals surface area contributed by atoms with E-state index in [0.29, 0.717) is 13.0 Å². The molecule has 0 aliphatic carbocycles. The molecule has 0 radical (unpaired) electrons. The van der Waals surface area contributed by atoms with Crippen molar-refractivity contribution in [3.05, 3.63) is 0 Å². The molecule has 2 N–H and O–H groups in total. The van der Waals surface area contributed by atoms with Gasteiger partial charge in [0.15, 0.2) is 0 Å². The Morgan fingerprint density at radius 3 is 2.45 bits per heavy atom. The summed E-state index contributed by atoms with van der Waals surface area (Å²) in [5.41, 5.74) is -0.276. The predicted octanol–water partition coefficient (Wildman–Crippen LogP) is 0.483. The highest BCUT2D eigenvalue weighted by Gasteiger charge is 2.39. The molecule has 3 nitrogen and oxygen atoms in total. The molecule has 1 saturated heterocycles. The predicted molar refractivity (Wildman–Crippen MR) is 43.3 cm³/mol. The summed E-state index contributed by atoms with van der Waals surface area (Å²) in [7, 11) is 0. The first-order chi connectivity index (χ1) is 4.97. The number of ether oxygens (including phenoxy) is 1. The van der Waals surface area contributed by atoms with Gasteiger partial charge in [0.2, 0.25) is 0 Å². The standard InChI is InChI=1S/C8H17NO2/c1-7(2)6-11-8(3,9-7)4-5-10/h9-10H,4-6H2,1-3H3. The van der Waals surface area contributed by atoms with Crippen molar-refractivity contribution < 1.29 is 9.84 Å². The molecular weight excluding hydrogens is 142 g/mol. The molecule has 0 aromatic heterocycles. The third-order valence-electron chi connectivity index (χ3n) is 1.94. The zero-order chi connectivity index (χ0) is 8.54. The van der Waals surface area contributed by atoms with E-state index in [1.807, 2.05) is 6.92 Å². The number of nitrogens with one attached hydrogen (secondary N) is 1. The first-order valence-electron chi connectivity index (χ1n) is 4.02. The Balaban J connectivity index is 2.51. The van der Waals surface area contributed by atoms with Crippen LogP contribution in [0.25, 0.3) is 0 Å². The van der Waals surface area contributed by atoms with E-state index in [1.54, 1.807) is 0 Å². The van der Waals surface area contributed by atoms with Gasteiger partial charge >= 0.3 is 0 Å². The van der Waals surface area contributed by atoms with Crippen molar-refractivity contribution in [2.75, 3.05) is 13.2 Å². The van der Waals surface area contributed by atoms with Crippen LogP contribution in [0.3, 0.4) is 0 Å². The molecule has 1 aliphatic heterocycles. The first-order valence-corrected chi connectivity index (χ1v) is 4.02. The maximum absolute atomic E-state index is 8.74. The second kappa shape index (κ2) is 2.73. The van der Waals surface area contributed by atoms with Gasteiger partial charge < -0.3 is 9.84 Å². The van der Waals surface area contributed by atoms with Gasteiger partial charge in [-0.05, 0) is 20.8 Å². The molecule has 66 valence electrons. The highest BCUT2D eigenvalue weighted by atomic mass is 16.5. The van der Waals surface area contributed by atoms with Crippen molar-refractivity contribution in [2.24, 2.45) is 0 Å². The first kappa shape index (κ1) is 8.97. The van der Waals surface area contributed by atoms with Crippen LogP contribution < -0.4 is 5.32 Å². The van der Waals surface area contributed by atoms with Gasteiger partial charge in [-0.25, -0.2) is 0 Å². The molecule has 3 heteroatoms. The Labute approximate surface area is 67.7 Å². The normalized spacial score (nSPS) is 36.0. The molecule has 0 spiro atoms. The van der Waals surface area contributed by atoms with E-state index in [4.69, 9.17) is 9.84 Å². The summed E-state index contributed by atoms with van der Waals surface area (Å²) >= 11 is 0. The summed E-state index contributed by atoms with van der Waals surface area (Å²) in [6.07, 6.45) is 0.649. The highest BCUT2D eigenvalue weighted by molar-refractivity contribution is 4.91. The molecule has 1 fully saturated rings.